The number of rotatable bonds is 3. The van der Waals surface area contributed by atoms with Gasteiger partial charge in [0.2, 0.25) is 0 Å². The molecule has 1 aromatic carbocycles. The standard InChI is InChI=1S/C13H17Cl2N3O2/c14-9-2-3-10(15)11(6-9)18-12(19)17-8-13(20)4-1-5-16-7-13/h2-3,6,16,20H,1,4-5,7-8H2,(H2,17,18,19). The van der Waals surface area contributed by atoms with Gasteiger partial charge in [-0.05, 0) is 37.6 Å². The summed E-state index contributed by atoms with van der Waals surface area (Å²) in [5, 5.41) is 19.5. The third-order valence-corrected chi connectivity index (χ3v) is 3.77. The quantitative estimate of drug-likeness (QED) is 0.690. The zero-order valence-corrected chi connectivity index (χ0v) is 12.4. The lowest BCUT2D eigenvalue weighted by atomic mass is 9.94. The Morgan fingerprint density at radius 3 is 2.95 bits per heavy atom. The van der Waals surface area contributed by atoms with Gasteiger partial charge in [-0.1, -0.05) is 23.2 Å². The highest BCUT2D eigenvalue weighted by Gasteiger charge is 2.29. The summed E-state index contributed by atoms with van der Waals surface area (Å²) in [5.41, 5.74) is -0.460. The van der Waals surface area contributed by atoms with Gasteiger partial charge in [0, 0.05) is 18.1 Å². The molecule has 1 unspecified atom stereocenters. The minimum Gasteiger partial charge on any atom is -0.387 e. The van der Waals surface area contributed by atoms with Crippen LogP contribution in [0.4, 0.5) is 10.5 Å². The summed E-state index contributed by atoms with van der Waals surface area (Å²) in [6.45, 7) is 1.56. The Morgan fingerprint density at radius 1 is 1.45 bits per heavy atom. The smallest absolute Gasteiger partial charge is 0.319 e. The third-order valence-electron chi connectivity index (χ3n) is 3.20. The van der Waals surface area contributed by atoms with E-state index in [0.717, 1.165) is 13.0 Å². The van der Waals surface area contributed by atoms with Crippen molar-refractivity contribution in [2.75, 3.05) is 25.0 Å². The fraction of sp³-hybridized carbons (Fsp3) is 0.462. The second kappa shape index (κ2) is 6.63. The Morgan fingerprint density at radius 2 is 2.25 bits per heavy atom. The molecular formula is C13H17Cl2N3O2. The molecule has 0 bridgehead atoms. The largest absolute Gasteiger partial charge is 0.387 e. The van der Waals surface area contributed by atoms with Crippen molar-refractivity contribution in [3.63, 3.8) is 0 Å². The Bertz CT molecular complexity index is 491. The minimum absolute atomic E-state index is 0.185. The molecule has 0 spiro atoms. The van der Waals surface area contributed by atoms with Crippen molar-refractivity contribution in [1.82, 2.24) is 10.6 Å². The Kier molecular flexibility index (Phi) is 5.10. The lowest BCUT2D eigenvalue weighted by Crippen LogP contribution is -2.53. The summed E-state index contributed by atoms with van der Waals surface area (Å²) < 4.78 is 0. The first kappa shape index (κ1) is 15.4. The van der Waals surface area contributed by atoms with Crippen LogP contribution in [0.5, 0.6) is 0 Å². The number of piperidine rings is 1. The van der Waals surface area contributed by atoms with Gasteiger partial charge in [-0.15, -0.1) is 0 Å². The van der Waals surface area contributed by atoms with Crippen LogP contribution >= 0.6 is 23.2 Å². The Labute approximate surface area is 127 Å². The van der Waals surface area contributed by atoms with E-state index >= 15 is 0 Å². The number of urea groups is 1. The van der Waals surface area contributed by atoms with E-state index in [1.54, 1.807) is 18.2 Å². The van der Waals surface area contributed by atoms with E-state index in [1.165, 1.54) is 0 Å². The molecule has 1 fully saturated rings. The monoisotopic (exact) mass is 317 g/mol. The predicted octanol–water partition coefficient (Wildman–Crippen LogP) is 2.23. The highest BCUT2D eigenvalue weighted by atomic mass is 35.5. The zero-order valence-electron chi connectivity index (χ0n) is 10.9. The molecule has 1 saturated heterocycles. The average molecular weight is 318 g/mol. The van der Waals surface area contributed by atoms with E-state index in [9.17, 15) is 9.90 Å². The number of hydrogen-bond donors (Lipinski definition) is 4. The third kappa shape index (κ3) is 4.24. The maximum absolute atomic E-state index is 11.8. The minimum atomic E-state index is -0.895. The van der Waals surface area contributed by atoms with Crippen LogP contribution < -0.4 is 16.0 Å². The van der Waals surface area contributed by atoms with Gasteiger partial charge in [-0.25, -0.2) is 4.79 Å². The number of halogens is 2. The van der Waals surface area contributed by atoms with Gasteiger partial charge >= 0.3 is 6.03 Å². The molecule has 110 valence electrons. The van der Waals surface area contributed by atoms with Crippen molar-refractivity contribution >= 4 is 34.9 Å². The molecular weight excluding hydrogens is 301 g/mol. The van der Waals surface area contributed by atoms with Crippen molar-refractivity contribution in [2.24, 2.45) is 0 Å². The number of nitrogens with one attached hydrogen (secondary N) is 3. The van der Waals surface area contributed by atoms with Gasteiger partial charge in [-0.2, -0.15) is 0 Å². The maximum Gasteiger partial charge on any atom is 0.319 e. The average Bonchev–Trinajstić information content (AvgIpc) is 2.42. The van der Waals surface area contributed by atoms with Crippen LogP contribution in [0.25, 0.3) is 0 Å². The molecule has 1 aromatic rings. The van der Waals surface area contributed by atoms with E-state index in [0.29, 0.717) is 28.7 Å². The second-order valence-corrected chi connectivity index (χ2v) is 5.78. The van der Waals surface area contributed by atoms with E-state index in [1.807, 2.05) is 0 Å². The Hall–Kier alpha value is -1.01. The van der Waals surface area contributed by atoms with Crippen molar-refractivity contribution in [3.8, 4) is 0 Å². The first-order chi connectivity index (χ1) is 9.48. The molecule has 7 heteroatoms. The molecule has 5 nitrogen and oxygen atoms in total. The van der Waals surface area contributed by atoms with Gasteiger partial charge < -0.3 is 21.1 Å². The first-order valence-electron chi connectivity index (χ1n) is 6.42. The van der Waals surface area contributed by atoms with Gasteiger partial charge in [0.15, 0.2) is 0 Å². The highest BCUT2D eigenvalue weighted by Crippen LogP contribution is 2.25. The number of β-amino-alcohol motifs (C(OH)–C–C–N with tert-alkyl or cyclic N) is 1. The van der Waals surface area contributed by atoms with E-state index < -0.39 is 11.6 Å². The van der Waals surface area contributed by atoms with E-state index in [4.69, 9.17) is 23.2 Å². The second-order valence-electron chi connectivity index (χ2n) is 4.94. The normalized spacial score (nSPS) is 22.4. The maximum atomic E-state index is 11.8. The highest BCUT2D eigenvalue weighted by molar-refractivity contribution is 6.35. The molecule has 0 saturated carbocycles. The molecule has 2 amide bonds. The number of benzene rings is 1. The van der Waals surface area contributed by atoms with Crippen LogP contribution in [-0.4, -0.2) is 36.4 Å². The molecule has 0 radical (unpaired) electrons. The van der Waals surface area contributed by atoms with Crippen LogP contribution in [0.3, 0.4) is 0 Å². The SMILES string of the molecule is O=C(NCC1(O)CCCNC1)Nc1cc(Cl)ccc1Cl. The number of carbonyl (C=O) groups excluding carboxylic acids is 1. The summed E-state index contributed by atoms with van der Waals surface area (Å²) >= 11 is 11.8. The lowest BCUT2D eigenvalue weighted by molar-refractivity contribution is 0.0198. The predicted molar refractivity (Wildman–Crippen MR) is 80.5 cm³/mol. The zero-order chi connectivity index (χ0) is 14.6. The van der Waals surface area contributed by atoms with Crippen LogP contribution in [0.1, 0.15) is 12.8 Å². The summed E-state index contributed by atoms with van der Waals surface area (Å²) in [6, 6.07) is 4.40. The first-order valence-corrected chi connectivity index (χ1v) is 7.17. The summed E-state index contributed by atoms with van der Waals surface area (Å²) in [5.74, 6) is 0. The van der Waals surface area contributed by atoms with Crippen molar-refractivity contribution < 1.29 is 9.90 Å². The molecule has 1 aliphatic heterocycles. The van der Waals surface area contributed by atoms with Crippen LogP contribution in [-0.2, 0) is 0 Å². The molecule has 0 aromatic heterocycles. The Balaban J connectivity index is 1.87. The van der Waals surface area contributed by atoms with Gasteiger partial charge in [0.05, 0.1) is 16.3 Å². The number of carbonyl (C=O) groups is 1. The molecule has 1 aliphatic rings. The van der Waals surface area contributed by atoms with Gasteiger partial charge in [-0.3, -0.25) is 0 Å². The van der Waals surface area contributed by atoms with Crippen molar-refractivity contribution in [3.05, 3.63) is 28.2 Å². The molecule has 2 rings (SSSR count). The summed E-state index contributed by atoms with van der Waals surface area (Å²) in [4.78, 5) is 11.8. The number of anilines is 1. The molecule has 1 atom stereocenters. The molecule has 1 heterocycles. The molecule has 0 aliphatic carbocycles. The number of aliphatic hydroxyl groups is 1. The van der Waals surface area contributed by atoms with Crippen LogP contribution in [0, 0.1) is 0 Å². The topological polar surface area (TPSA) is 73.4 Å². The van der Waals surface area contributed by atoms with Crippen molar-refractivity contribution in [1.29, 1.82) is 0 Å². The lowest BCUT2D eigenvalue weighted by Gasteiger charge is -2.32. The molecule has 4 N–H and O–H groups in total. The van der Waals surface area contributed by atoms with E-state index in [2.05, 4.69) is 16.0 Å². The van der Waals surface area contributed by atoms with Gasteiger partial charge in [0.25, 0.3) is 0 Å². The fourth-order valence-electron chi connectivity index (χ4n) is 2.11. The summed E-state index contributed by atoms with van der Waals surface area (Å²) in [6.07, 6.45) is 1.55. The number of hydrogen-bond acceptors (Lipinski definition) is 3. The fourth-order valence-corrected chi connectivity index (χ4v) is 2.44. The van der Waals surface area contributed by atoms with E-state index in [-0.39, 0.29) is 6.54 Å². The van der Waals surface area contributed by atoms with Crippen LogP contribution in [0.15, 0.2) is 18.2 Å². The number of amides is 2. The van der Waals surface area contributed by atoms with Crippen molar-refractivity contribution in [2.45, 2.75) is 18.4 Å². The van der Waals surface area contributed by atoms with Crippen LogP contribution in [0.2, 0.25) is 10.0 Å². The van der Waals surface area contributed by atoms with Gasteiger partial charge in [0.1, 0.15) is 0 Å². The molecule has 20 heavy (non-hydrogen) atoms. The summed E-state index contributed by atoms with van der Waals surface area (Å²) in [7, 11) is 0.